The first-order chi connectivity index (χ1) is 9.83. The van der Waals surface area contributed by atoms with Gasteiger partial charge in [-0.15, -0.1) is 0 Å². The van der Waals surface area contributed by atoms with E-state index in [1.165, 1.54) is 38.5 Å². The number of pyridine rings is 1. The second-order valence-electron chi connectivity index (χ2n) is 5.67. The van der Waals surface area contributed by atoms with Crippen molar-refractivity contribution in [2.45, 2.75) is 70.9 Å². The van der Waals surface area contributed by atoms with Crippen LogP contribution in [-0.2, 0) is 0 Å². The average molecular weight is 276 g/mol. The average Bonchev–Trinajstić information content (AvgIpc) is 2.74. The van der Waals surface area contributed by atoms with Crippen molar-refractivity contribution in [3.63, 3.8) is 0 Å². The minimum Gasteiger partial charge on any atom is -0.489 e. The molecule has 0 amide bonds. The molecule has 1 aromatic rings. The Bertz CT molecular complexity index is 369. The molecule has 112 valence electrons. The van der Waals surface area contributed by atoms with Gasteiger partial charge in [-0.05, 0) is 50.8 Å². The topological polar surface area (TPSA) is 34.1 Å². The highest BCUT2D eigenvalue weighted by atomic mass is 16.5. The van der Waals surface area contributed by atoms with Crippen molar-refractivity contribution in [1.82, 2.24) is 10.3 Å². The summed E-state index contributed by atoms with van der Waals surface area (Å²) in [5.41, 5.74) is 1.11. The van der Waals surface area contributed by atoms with Gasteiger partial charge in [-0.3, -0.25) is 4.98 Å². The Morgan fingerprint density at radius 2 is 1.95 bits per heavy atom. The maximum atomic E-state index is 6.08. The van der Waals surface area contributed by atoms with Gasteiger partial charge in [-0.2, -0.15) is 0 Å². The minimum absolute atomic E-state index is 0.354. The van der Waals surface area contributed by atoms with Crippen LogP contribution in [0.3, 0.4) is 0 Å². The smallest absolute Gasteiger partial charge is 0.138 e. The van der Waals surface area contributed by atoms with Crippen LogP contribution < -0.4 is 10.1 Å². The molecule has 3 nitrogen and oxygen atoms in total. The summed E-state index contributed by atoms with van der Waals surface area (Å²) in [4.78, 5) is 4.57. The Balaban J connectivity index is 1.93. The SMILES string of the molecule is CCNC(CC)c1ccc(OC2CCCCCC2)cn1. The summed E-state index contributed by atoms with van der Waals surface area (Å²) < 4.78 is 6.08. The predicted octanol–water partition coefficient (Wildman–Crippen LogP) is 4.24. The van der Waals surface area contributed by atoms with Crippen LogP contribution >= 0.6 is 0 Å². The number of aromatic nitrogens is 1. The molecule has 1 fully saturated rings. The van der Waals surface area contributed by atoms with Gasteiger partial charge in [-0.1, -0.05) is 26.7 Å². The predicted molar refractivity (Wildman–Crippen MR) is 83.1 cm³/mol. The summed E-state index contributed by atoms with van der Waals surface area (Å²) in [5, 5.41) is 3.45. The van der Waals surface area contributed by atoms with Crippen LogP contribution in [0.5, 0.6) is 5.75 Å². The third-order valence-electron chi connectivity index (χ3n) is 4.08. The molecule has 0 spiro atoms. The van der Waals surface area contributed by atoms with Gasteiger partial charge >= 0.3 is 0 Å². The highest BCUT2D eigenvalue weighted by molar-refractivity contribution is 5.21. The molecule has 0 bridgehead atoms. The van der Waals surface area contributed by atoms with Crippen molar-refractivity contribution in [3.8, 4) is 5.75 Å². The van der Waals surface area contributed by atoms with Crippen molar-refractivity contribution in [2.24, 2.45) is 0 Å². The minimum atomic E-state index is 0.354. The summed E-state index contributed by atoms with van der Waals surface area (Å²) in [6.45, 7) is 5.29. The largest absolute Gasteiger partial charge is 0.489 e. The van der Waals surface area contributed by atoms with E-state index in [1.807, 2.05) is 6.20 Å². The van der Waals surface area contributed by atoms with Gasteiger partial charge in [0, 0.05) is 6.04 Å². The van der Waals surface area contributed by atoms with Gasteiger partial charge in [0.25, 0.3) is 0 Å². The van der Waals surface area contributed by atoms with Crippen LogP contribution in [0.1, 0.15) is 70.5 Å². The monoisotopic (exact) mass is 276 g/mol. The fraction of sp³-hybridized carbons (Fsp3) is 0.706. The second-order valence-corrected chi connectivity index (χ2v) is 5.67. The lowest BCUT2D eigenvalue weighted by Crippen LogP contribution is -2.21. The molecule has 1 atom stereocenters. The Labute approximate surface area is 123 Å². The van der Waals surface area contributed by atoms with E-state index in [9.17, 15) is 0 Å². The molecular formula is C17H28N2O. The Hall–Kier alpha value is -1.09. The molecule has 1 aliphatic rings. The second kappa shape index (κ2) is 8.25. The molecule has 0 aliphatic heterocycles. The van der Waals surface area contributed by atoms with Gasteiger partial charge in [0.15, 0.2) is 0 Å². The lowest BCUT2D eigenvalue weighted by Gasteiger charge is -2.18. The lowest BCUT2D eigenvalue weighted by atomic mass is 10.1. The van der Waals surface area contributed by atoms with Crippen molar-refractivity contribution in [2.75, 3.05) is 6.54 Å². The van der Waals surface area contributed by atoms with Crippen molar-refractivity contribution >= 4 is 0 Å². The first-order valence-corrected chi connectivity index (χ1v) is 8.19. The van der Waals surface area contributed by atoms with Crippen LogP contribution in [0.15, 0.2) is 18.3 Å². The molecule has 1 aliphatic carbocycles. The van der Waals surface area contributed by atoms with E-state index in [-0.39, 0.29) is 0 Å². The highest BCUT2D eigenvalue weighted by Crippen LogP contribution is 2.23. The van der Waals surface area contributed by atoms with E-state index in [4.69, 9.17) is 4.74 Å². The Morgan fingerprint density at radius 1 is 1.20 bits per heavy atom. The van der Waals surface area contributed by atoms with E-state index in [0.717, 1.165) is 24.4 Å². The third-order valence-corrected chi connectivity index (χ3v) is 4.08. The number of nitrogens with one attached hydrogen (secondary N) is 1. The number of ether oxygens (including phenoxy) is 1. The van der Waals surface area contributed by atoms with Crippen molar-refractivity contribution in [1.29, 1.82) is 0 Å². The molecule has 20 heavy (non-hydrogen) atoms. The lowest BCUT2D eigenvalue weighted by molar-refractivity contribution is 0.183. The molecule has 1 N–H and O–H groups in total. The summed E-state index contributed by atoms with van der Waals surface area (Å²) in [5.74, 6) is 0.923. The summed E-state index contributed by atoms with van der Waals surface area (Å²) >= 11 is 0. The number of hydrogen-bond donors (Lipinski definition) is 1. The molecule has 3 heteroatoms. The molecule has 1 heterocycles. The first-order valence-electron chi connectivity index (χ1n) is 8.19. The van der Waals surface area contributed by atoms with Crippen LogP contribution in [0.25, 0.3) is 0 Å². The van der Waals surface area contributed by atoms with Gasteiger partial charge in [-0.25, -0.2) is 0 Å². The summed E-state index contributed by atoms with van der Waals surface area (Å²) in [6, 6.07) is 4.53. The zero-order chi connectivity index (χ0) is 14.2. The van der Waals surface area contributed by atoms with E-state index >= 15 is 0 Å². The first kappa shape index (κ1) is 15.3. The third kappa shape index (κ3) is 4.48. The molecule has 1 saturated carbocycles. The molecule has 0 radical (unpaired) electrons. The maximum Gasteiger partial charge on any atom is 0.138 e. The van der Waals surface area contributed by atoms with E-state index in [1.54, 1.807) is 0 Å². The standard InChI is InChI=1S/C17H28N2O/c1-3-16(18-4-2)17-12-11-15(13-19-17)20-14-9-7-5-6-8-10-14/h11-14,16,18H,3-10H2,1-2H3. The Morgan fingerprint density at radius 3 is 2.50 bits per heavy atom. The molecule has 0 aromatic carbocycles. The van der Waals surface area contributed by atoms with Crippen LogP contribution in [-0.4, -0.2) is 17.6 Å². The van der Waals surface area contributed by atoms with Crippen LogP contribution in [0, 0.1) is 0 Å². The normalized spacial score (nSPS) is 18.5. The zero-order valence-electron chi connectivity index (χ0n) is 12.9. The molecule has 0 saturated heterocycles. The zero-order valence-corrected chi connectivity index (χ0v) is 12.9. The van der Waals surface area contributed by atoms with Gasteiger partial charge in [0.2, 0.25) is 0 Å². The van der Waals surface area contributed by atoms with Gasteiger partial charge in [0.1, 0.15) is 5.75 Å². The quantitative estimate of drug-likeness (QED) is 0.789. The fourth-order valence-corrected chi connectivity index (χ4v) is 2.92. The number of rotatable bonds is 6. The maximum absolute atomic E-state index is 6.08. The summed E-state index contributed by atoms with van der Waals surface area (Å²) in [6.07, 6.45) is 11.0. The van der Waals surface area contributed by atoms with E-state index in [0.29, 0.717) is 12.1 Å². The highest BCUT2D eigenvalue weighted by Gasteiger charge is 2.14. The number of hydrogen-bond acceptors (Lipinski definition) is 3. The van der Waals surface area contributed by atoms with E-state index in [2.05, 4.69) is 36.3 Å². The molecule has 1 unspecified atom stereocenters. The van der Waals surface area contributed by atoms with E-state index < -0.39 is 0 Å². The van der Waals surface area contributed by atoms with Crippen LogP contribution in [0.4, 0.5) is 0 Å². The number of nitrogens with zero attached hydrogens (tertiary/aromatic N) is 1. The molecule has 2 rings (SSSR count). The fourth-order valence-electron chi connectivity index (χ4n) is 2.92. The van der Waals surface area contributed by atoms with Crippen molar-refractivity contribution < 1.29 is 4.74 Å². The molecular weight excluding hydrogens is 248 g/mol. The van der Waals surface area contributed by atoms with Gasteiger partial charge in [0.05, 0.1) is 18.0 Å². The molecule has 1 aromatic heterocycles. The Kier molecular flexibility index (Phi) is 6.31. The van der Waals surface area contributed by atoms with Crippen LogP contribution in [0.2, 0.25) is 0 Å². The summed E-state index contributed by atoms with van der Waals surface area (Å²) in [7, 11) is 0. The van der Waals surface area contributed by atoms with Gasteiger partial charge < -0.3 is 10.1 Å². The van der Waals surface area contributed by atoms with Crippen molar-refractivity contribution in [3.05, 3.63) is 24.0 Å².